The Bertz CT molecular complexity index is 1330. The maximum absolute atomic E-state index is 13.7. The van der Waals surface area contributed by atoms with Crippen molar-refractivity contribution in [3.05, 3.63) is 102 Å². The van der Waals surface area contributed by atoms with Crippen LogP contribution in [0.3, 0.4) is 0 Å². The maximum Gasteiger partial charge on any atom is 0.0745 e. The Morgan fingerprint density at radius 3 is 2.28 bits per heavy atom. The lowest BCUT2D eigenvalue weighted by Gasteiger charge is -2.38. The highest BCUT2D eigenvalue weighted by Crippen LogP contribution is 2.43. The molecule has 0 saturated heterocycles. The van der Waals surface area contributed by atoms with Gasteiger partial charge in [-0.25, -0.2) is 0 Å². The van der Waals surface area contributed by atoms with E-state index in [1.807, 2.05) is 48.8 Å². The molecule has 0 saturated carbocycles. The van der Waals surface area contributed by atoms with E-state index >= 15 is 0 Å². The summed E-state index contributed by atoms with van der Waals surface area (Å²) in [5.41, 5.74) is 6.19. The van der Waals surface area contributed by atoms with Gasteiger partial charge in [-0.2, -0.15) is 0 Å². The van der Waals surface area contributed by atoms with Crippen LogP contribution in [0.5, 0.6) is 0 Å². The smallest absolute Gasteiger partial charge is 0.0745 e. The molecule has 3 aromatic heterocycles. The molecule has 184 valence electrons. The molecule has 1 atom stereocenters. The summed E-state index contributed by atoms with van der Waals surface area (Å²) >= 11 is 0. The zero-order valence-corrected chi connectivity index (χ0v) is 20.9. The molecule has 6 heteroatoms. The summed E-state index contributed by atoms with van der Waals surface area (Å²) in [6.45, 7) is 5.96. The van der Waals surface area contributed by atoms with Crippen LogP contribution in [0.4, 0.5) is 0 Å². The highest BCUT2D eigenvalue weighted by molar-refractivity contribution is 6.40. The van der Waals surface area contributed by atoms with Crippen molar-refractivity contribution in [2.45, 2.75) is 52.1 Å². The third-order valence-corrected chi connectivity index (χ3v) is 7.00. The minimum Gasteiger partial charge on any atom is -0.871 e. The van der Waals surface area contributed by atoms with E-state index in [9.17, 15) is 5.11 Å². The molecule has 0 amide bonds. The van der Waals surface area contributed by atoms with E-state index in [0.717, 1.165) is 67.0 Å². The van der Waals surface area contributed by atoms with Crippen LogP contribution in [0.25, 0.3) is 16.8 Å². The molecule has 0 spiro atoms. The lowest BCUT2D eigenvalue weighted by Crippen LogP contribution is -2.34. The first-order valence-electron chi connectivity index (χ1n) is 12.9. The molecule has 5 rings (SSSR count). The molecule has 3 aromatic rings. The number of aromatic nitrogens is 3. The number of hydrogen-bond acceptors (Lipinski definition) is 5. The van der Waals surface area contributed by atoms with E-state index in [1.54, 1.807) is 12.4 Å². The van der Waals surface area contributed by atoms with Gasteiger partial charge in [0.05, 0.1) is 23.1 Å². The first-order valence-corrected chi connectivity index (χ1v) is 12.9. The van der Waals surface area contributed by atoms with E-state index in [0.29, 0.717) is 16.9 Å². The highest BCUT2D eigenvalue weighted by atomic mass is 16.3. The fourth-order valence-electron chi connectivity index (χ4n) is 5.10. The number of unbranched alkanes of at least 4 members (excludes halogenated alkanes) is 2. The van der Waals surface area contributed by atoms with Crippen molar-refractivity contribution in [3.63, 3.8) is 0 Å². The fraction of sp³-hybridized carbons (Fsp3) is 0.300. The summed E-state index contributed by atoms with van der Waals surface area (Å²) in [5, 5.41) is 22.6. The molecule has 1 N–H and O–H groups in total. The van der Waals surface area contributed by atoms with Crippen LogP contribution in [-0.2, 0) is 6.54 Å². The van der Waals surface area contributed by atoms with E-state index in [-0.39, 0.29) is 11.8 Å². The van der Waals surface area contributed by atoms with Crippen LogP contribution in [-0.4, -0.2) is 31.7 Å². The average Bonchev–Trinajstić information content (AvgIpc) is 3.51. The van der Waals surface area contributed by atoms with Gasteiger partial charge >= 0.3 is 0 Å². The summed E-state index contributed by atoms with van der Waals surface area (Å²) in [7, 11) is 0. The molecular formula is C30H32N5O-. The lowest BCUT2D eigenvalue weighted by atomic mass is 9.83. The first-order chi connectivity index (χ1) is 17.7. The maximum atomic E-state index is 13.7. The Balaban J connectivity index is 1.55. The lowest BCUT2D eigenvalue weighted by molar-refractivity contribution is -0.296. The van der Waals surface area contributed by atoms with Gasteiger partial charge in [0.2, 0.25) is 0 Å². The van der Waals surface area contributed by atoms with Crippen molar-refractivity contribution in [1.82, 2.24) is 19.4 Å². The Morgan fingerprint density at radius 1 is 0.889 bits per heavy atom. The average molecular weight is 479 g/mol. The molecule has 4 heterocycles. The van der Waals surface area contributed by atoms with Gasteiger partial charge in [-0.05, 0) is 54.8 Å². The van der Waals surface area contributed by atoms with Crippen molar-refractivity contribution < 1.29 is 5.11 Å². The molecule has 36 heavy (non-hydrogen) atoms. The third kappa shape index (κ3) is 4.17. The quantitative estimate of drug-likeness (QED) is 0.439. The zero-order chi connectivity index (χ0) is 25.1. The summed E-state index contributed by atoms with van der Waals surface area (Å²) in [5.74, 6) is -0.0402. The van der Waals surface area contributed by atoms with E-state index in [2.05, 4.69) is 45.4 Å². The Labute approximate surface area is 212 Å². The third-order valence-electron chi connectivity index (χ3n) is 7.00. The van der Waals surface area contributed by atoms with Crippen LogP contribution >= 0.6 is 0 Å². The molecule has 0 radical (unpaired) electrons. The van der Waals surface area contributed by atoms with Gasteiger partial charge in [-0.3, -0.25) is 15.4 Å². The largest absolute Gasteiger partial charge is 0.871 e. The van der Waals surface area contributed by atoms with Crippen LogP contribution in [0.2, 0.25) is 0 Å². The van der Waals surface area contributed by atoms with Crippen LogP contribution in [0.15, 0.2) is 90.4 Å². The highest BCUT2D eigenvalue weighted by Gasteiger charge is 2.34. The van der Waals surface area contributed by atoms with E-state index in [4.69, 9.17) is 5.41 Å². The topological polar surface area (TPSA) is 80.9 Å². The molecule has 0 bridgehead atoms. The summed E-state index contributed by atoms with van der Waals surface area (Å²) < 4.78 is 2.18. The number of rotatable bonds is 9. The molecule has 1 aliphatic carbocycles. The molecule has 0 aromatic carbocycles. The molecule has 0 fully saturated rings. The summed E-state index contributed by atoms with van der Waals surface area (Å²) in [4.78, 5) is 10.8. The second-order valence-corrected chi connectivity index (χ2v) is 9.33. The second-order valence-electron chi connectivity index (χ2n) is 9.33. The normalized spacial score (nSPS) is 19.3. The molecule has 2 aliphatic rings. The van der Waals surface area contributed by atoms with Crippen molar-refractivity contribution in [2.75, 3.05) is 6.54 Å². The fourth-order valence-corrected chi connectivity index (χ4v) is 5.10. The van der Waals surface area contributed by atoms with Gasteiger partial charge < -0.3 is 14.6 Å². The Hall–Kier alpha value is -3.93. The van der Waals surface area contributed by atoms with Gasteiger partial charge in [-0.15, -0.1) is 0 Å². The van der Waals surface area contributed by atoms with Crippen molar-refractivity contribution in [1.29, 1.82) is 5.41 Å². The summed E-state index contributed by atoms with van der Waals surface area (Å²) in [6, 6.07) is 12.0. The number of nitrogens with zero attached hydrogens (tertiary/aromatic N) is 4. The monoisotopic (exact) mass is 478 g/mol. The van der Waals surface area contributed by atoms with Gasteiger partial charge in [0.15, 0.2) is 0 Å². The molecule has 1 unspecified atom stereocenters. The minimum absolute atomic E-state index is 0.0306. The van der Waals surface area contributed by atoms with Gasteiger partial charge in [0.25, 0.3) is 0 Å². The van der Waals surface area contributed by atoms with E-state index in [1.165, 1.54) is 0 Å². The van der Waals surface area contributed by atoms with Crippen molar-refractivity contribution >= 4 is 11.3 Å². The first kappa shape index (κ1) is 23.8. The number of hydrogen-bond donors (Lipinski definition) is 1. The predicted molar refractivity (Wildman–Crippen MR) is 142 cm³/mol. The van der Waals surface area contributed by atoms with Crippen LogP contribution in [0.1, 0.15) is 56.8 Å². The SMILES string of the molecule is CCCCN1/C(=C2\C(=N)C(c3ccc(-c4cccnc4)n3CCCC)=C2[O-])C=CC1c1cccnc1. The van der Waals surface area contributed by atoms with Crippen molar-refractivity contribution in [2.24, 2.45) is 0 Å². The zero-order valence-electron chi connectivity index (χ0n) is 20.9. The van der Waals surface area contributed by atoms with Crippen LogP contribution in [0, 0.1) is 5.41 Å². The minimum atomic E-state index is -0.0402. The number of allylic oxidation sites excluding steroid dienone is 3. The Kier molecular flexibility index (Phi) is 6.85. The predicted octanol–water partition coefficient (Wildman–Crippen LogP) is 5.52. The van der Waals surface area contributed by atoms with Crippen molar-refractivity contribution in [3.8, 4) is 11.3 Å². The van der Waals surface area contributed by atoms with Gasteiger partial charge in [-0.1, -0.05) is 44.6 Å². The van der Waals surface area contributed by atoms with E-state index < -0.39 is 0 Å². The molecule has 1 aliphatic heterocycles. The molecular weight excluding hydrogens is 446 g/mol. The number of pyridine rings is 2. The number of nitrogens with one attached hydrogen (secondary N) is 1. The standard InChI is InChI=1S/C30H33N5O/c1-3-5-17-34-23(21-9-7-15-32-19-21)11-13-25(34)27-29(31)28(30(27)36)26-14-12-24(35(26)18-6-4-2)22-10-8-16-33-20-22/h7-16,19-20,23,31,36H,3-6,17-18H2,1-2H3/p-1/b27-25+,31-29?. The van der Waals surface area contributed by atoms with Crippen LogP contribution < -0.4 is 5.11 Å². The molecule has 6 nitrogen and oxygen atoms in total. The summed E-state index contributed by atoms with van der Waals surface area (Å²) in [6.07, 6.45) is 15.5. The van der Waals surface area contributed by atoms with Gasteiger partial charge in [0, 0.05) is 60.3 Å². The van der Waals surface area contributed by atoms with Gasteiger partial charge in [0.1, 0.15) is 0 Å². The Morgan fingerprint density at radius 2 is 1.61 bits per heavy atom. The second kappa shape index (κ2) is 10.4.